The molecule has 4 aromatic rings. The van der Waals surface area contributed by atoms with Crippen molar-refractivity contribution in [1.29, 1.82) is 0 Å². The maximum atomic E-state index is 12.2. The van der Waals surface area contributed by atoms with E-state index in [4.69, 9.17) is 5.73 Å². The maximum Gasteiger partial charge on any atom is 0.319 e. The van der Waals surface area contributed by atoms with Gasteiger partial charge in [-0.2, -0.15) is 0 Å². The van der Waals surface area contributed by atoms with Crippen LogP contribution in [0.4, 0.5) is 10.5 Å². The second kappa shape index (κ2) is 7.25. The number of rotatable bonds is 4. The molecule has 0 atom stereocenters. The smallest absolute Gasteiger partial charge is 0.319 e. The molecule has 2 aromatic heterocycles. The lowest BCUT2D eigenvalue weighted by Gasteiger charge is -2.22. The Hall–Kier alpha value is -3.73. The molecule has 2 N–H and O–H groups in total. The van der Waals surface area contributed by atoms with Crippen LogP contribution in [0.15, 0.2) is 85.3 Å². The molecule has 0 fully saturated rings. The number of nitrogens with zero attached hydrogens (tertiary/aromatic N) is 3. The second-order valence-corrected chi connectivity index (χ2v) is 6.21. The lowest BCUT2D eigenvalue weighted by atomic mass is 10.1. The van der Waals surface area contributed by atoms with Crippen LogP contribution in [0.5, 0.6) is 0 Å². The first-order valence-corrected chi connectivity index (χ1v) is 8.62. The molecule has 0 saturated heterocycles. The van der Waals surface area contributed by atoms with Gasteiger partial charge in [0.05, 0.1) is 17.9 Å². The Labute approximate surface area is 157 Å². The van der Waals surface area contributed by atoms with Crippen LogP contribution in [0.25, 0.3) is 22.0 Å². The highest BCUT2D eigenvalue weighted by molar-refractivity contribution is 6.02. The van der Waals surface area contributed by atoms with Gasteiger partial charge in [-0.25, -0.2) is 4.79 Å². The van der Waals surface area contributed by atoms with Gasteiger partial charge in [-0.3, -0.25) is 14.9 Å². The van der Waals surface area contributed by atoms with Crippen LogP contribution in [0.3, 0.4) is 0 Å². The number of amides is 2. The number of carbonyl (C=O) groups excluding carboxylic acids is 1. The van der Waals surface area contributed by atoms with Gasteiger partial charge < -0.3 is 5.73 Å². The number of nitrogens with two attached hydrogens (primary N) is 1. The lowest BCUT2D eigenvalue weighted by molar-refractivity contribution is 0.253. The van der Waals surface area contributed by atoms with Gasteiger partial charge in [0.1, 0.15) is 0 Å². The average Bonchev–Trinajstić information content (AvgIpc) is 2.72. The molecule has 2 aromatic carbocycles. The van der Waals surface area contributed by atoms with Crippen LogP contribution in [0.2, 0.25) is 0 Å². The zero-order valence-electron chi connectivity index (χ0n) is 14.6. The number of fused-ring (bicyclic) bond motifs is 1. The second-order valence-electron chi connectivity index (χ2n) is 6.21. The van der Waals surface area contributed by atoms with Gasteiger partial charge in [-0.1, -0.05) is 42.5 Å². The van der Waals surface area contributed by atoms with Crippen LogP contribution in [0.1, 0.15) is 5.56 Å². The molecule has 27 heavy (non-hydrogen) atoms. The summed E-state index contributed by atoms with van der Waals surface area (Å²) in [6.07, 6.45) is 5.26. The van der Waals surface area contributed by atoms with Crippen molar-refractivity contribution in [2.75, 3.05) is 4.90 Å². The van der Waals surface area contributed by atoms with E-state index < -0.39 is 6.03 Å². The van der Waals surface area contributed by atoms with Gasteiger partial charge >= 0.3 is 6.03 Å². The lowest BCUT2D eigenvalue weighted by Crippen LogP contribution is -2.35. The summed E-state index contributed by atoms with van der Waals surface area (Å²) in [5.74, 6) is 0. The van der Waals surface area contributed by atoms with E-state index in [0.717, 1.165) is 33.3 Å². The van der Waals surface area contributed by atoms with E-state index in [9.17, 15) is 4.79 Å². The first kappa shape index (κ1) is 16.7. The molecule has 0 aliphatic rings. The summed E-state index contributed by atoms with van der Waals surface area (Å²) in [5, 5.41) is 1.91. The van der Waals surface area contributed by atoms with Crippen LogP contribution in [0, 0.1) is 0 Å². The molecule has 5 heteroatoms. The van der Waals surface area contributed by atoms with E-state index in [-0.39, 0.29) is 0 Å². The molecule has 0 radical (unpaired) electrons. The van der Waals surface area contributed by atoms with Crippen LogP contribution in [-0.4, -0.2) is 16.0 Å². The monoisotopic (exact) mass is 354 g/mol. The number of carbonyl (C=O) groups is 1. The fraction of sp³-hybridized carbons (Fsp3) is 0.0455. The largest absolute Gasteiger partial charge is 0.351 e. The molecule has 0 aliphatic carbocycles. The average molecular weight is 354 g/mol. The SMILES string of the molecule is NC(=O)N(Cc1ccc(-c2ccccn2)cc1)c1cccc2cnccc12. The normalized spacial score (nSPS) is 10.7. The summed E-state index contributed by atoms with van der Waals surface area (Å²) < 4.78 is 0. The van der Waals surface area contributed by atoms with E-state index in [1.54, 1.807) is 23.5 Å². The van der Waals surface area contributed by atoms with Gasteiger partial charge in [-0.05, 0) is 29.8 Å². The molecule has 5 nitrogen and oxygen atoms in total. The number of anilines is 1. The fourth-order valence-corrected chi connectivity index (χ4v) is 3.12. The number of hydrogen-bond acceptors (Lipinski definition) is 3. The zero-order chi connectivity index (χ0) is 18.6. The number of primary amides is 1. The minimum absolute atomic E-state index is 0.388. The summed E-state index contributed by atoms with van der Waals surface area (Å²) in [6, 6.07) is 21.0. The van der Waals surface area contributed by atoms with E-state index in [1.807, 2.05) is 66.7 Å². The first-order chi connectivity index (χ1) is 13.2. The zero-order valence-corrected chi connectivity index (χ0v) is 14.6. The van der Waals surface area contributed by atoms with Crippen molar-refractivity contribution in [2.24, 2.45) is 5.73 Å². The van der Waals surface area contributed by atoms with Crippen LogP contribution < -0.4 is 10.6 Å². The van der Waals surface area contributed by atoms with E-state index >= 15 is 0 Å². The van der Waals surface area contributed by atoms with Crippen LogP contribution in [-0.2, 0) is 6.54 Å². The van der Waals surface area contributed by atoms with Crippen molar-refractivity contribution in [1.82, 2.24) is 9.97 Å². The summed E-state index contributed by atoms with van der Waals surface area (Å²) in [6.45, 7) is 0.388. The van der Waals surface area contributed by atoms with Gasteiger partial charge in [0, 0.05) is 34.9 Å². The molecular weight excluding hydrogens is 336 g/mol. The Kier molecular flexibility index (Phi) is 4.49. The Balaban J connectivity index is 1.65. The first-order valence-electron chi connectivity index (χ1n) is 8.62. The number of urea groups is 1. The van der Waals surface area contributed by atoms with Crippen molar-refractivity contribution in [3.8, 4) is 11.3 Å². The standard InChI is InChI=1S/C22H18N4O/c23-22(27)26(21-6-3-4-18-14-24-13-11-19(18)21)15-16-7-9-17(10-8-16)20-5-1-2-12-25-20/h1-14H,15H2,(H2,23,27). The van der Waals surface area contributed by atoms with E-state index in [2.05, 4.69) is 9.97 Å². The molecular formula is C22H18N4O. The third kappa shape index (κ3) is 3.48. The third-order valence-corrected chi connectivity index (χ3v) is 4.47. The van der Waals surface area contributed by atoms with Gasteiger partial charge in [0.15, 0.2) is 0 Å². The fourth-order valence-electron chi connectivity index (χ4n) is 3.12. The van der Waals surface area contributed by atoms with E-state index in [1.165, 1.54) is 0 Å². The van der Waals surface area contributed by atoms with Crippen LogP contribution >= 0.6 is 0 Å². The highest BCUT2D eigenvalue weighted by Crippen LogP contribution is 2.27. The highest BCUT2D eigenvalue weighted by atomic mass is 16.2. The number of pyridine rings is 2. The minimum atomic E-state index is -0.492. The van der Waals surface area contributed by atoms with E-state index in [0.29, 0.717) is 6.54 Å². The van der Waals surface area contributed by atoms with Crippen molar-refractivity contribution < 1.29 is 4.79 Å². The quantitative estimate of drug-likeness (QED) is 0.591. The summed E-state index contributed by atoms with van der Waals surface area (Å²) in [7, 11) is 0. The number of benzene rings is 2. The molecule has 0 bridgehead atoms. The van der Waals surface area contributed by atoms with Gasteiger partial charge in [0.2, 0.25) is 0 Å². The molecule has 0 aliphatic heterocycles. The summed E-state index contributed by atoms with van der Waals surface area (Å²) in [5.41, 5.74) is 9.39. The maximum absolute atomic E-state index is 12.2. The highest BCUT2D eigenvalue weighted by Gasteiger charge is 2.16. The van der Waals surface area contributed by atoms with Crippen molar-refractivity contribution >= 4 is 22.5 Å². The van der Waals surface area contributed by atoms with Gasteiger partial charge in [0.25, 0.3) is 0 Å². The Bertz CT molecular complexity index is 1070. The Morgan fingerprint density at radius 3 is 2.52 bits per heavy atom. The Morgan fingerprint density at radius 2 is 1.78 bits per heavy atom. The summed E-state index contributed by atoms with van der Waals surface area (Å²) in [4.78, 5) is 22.2. The molecule has 0 saturated carbocycles. The molecule has 0 spiro atoms. The minimum Gasteiger partial charge on any atom is -0.351 e. The van der Waals surface area contributed by atoms with Crippen molar-refractivity contribution in [2.45, 2.75) is 6.54 Å². The third-order valence-electron chi connectivity index (χ3n) is 4.47. The predicted molar refractivity (Wildman–Crippen MR) is 107 cm³/mol. The molecule has 0 unspecified atom stereocenters. The summed E-state index contributed by atoms with van der Waals surface area (Å²) >= 11 is 0. The Morgan fingerprint density at radius 1 is 0.926 bits per heavy atom. The number of hydrogen-bond donors (Lipinski definition) is 1. The molecule has 132 valence electrons. The van der Waals surface area contributed by atoms with Crippen molar-refractivity contribution in [3.63, 3.8) is 0 Å². The molecule has 2 amide bonds. The van der Waals surface area contributed by atoms with Gasteiger partial charge in [-0.15, -0.1) is 0 Å². The van der Waals surface area contributed by atoms with Crippen molar-refractivity contribution in [3.05, 3.63) is 90.9 Å². The topological polar surface area (TPSA) is 72.1 Å². The molecule has 4 rings (SSSR count). The predicted octanol–water partition coefficient (Wildman–Crippen LogP) is 4.38. The number of aromatic nitrogens is 2. The molecule has 2 heterocycles.